The van der Waals surface area contributed by atoms with Crippen molar-refractivity contribution in [3.05, 3.63) is 72.9 Å². The van der Waals surface area contributed by atoms with Gasteiger partial charge in [-0.15, -0.1) is 0 Å². The van der Waals surface area contributed by atoms with Crippen molar-refractivity contribution in [2.45, 2.75) is 354 Å². The lowest BCUT2D eigenvalue weighted by Gasteiger charge is -2.18. The van der Waals surface area contributed by atoms with Crippen molar-refractivity contribution < 1.29 is 28.6 Å². The zero-order chi connectivity index (χ0) is 56.4. The largest absolute Gasteiger partial charge is 0.462 e. The number of allylic oxidation sites excluding steroid dienone is 12. The molecule has 6 heteroatoms. The van der Waals surface area contributed by atoms with Crippen LogP contribution in [0.2, 0.25) is 0 Å². The Labute approximate surface area is 484 Å². The first-order valence-electron chi connectivity index (χ1n) is 33.9. The summed E-state index contributed by atoms with van der Waals surface area (Å²) in [7, 11) is 0. The minimum atomic E-state index is -0.770. The normalized spacial score (nSPS) is 12.5. The Morgan fingerprint density at radius 1 is 0.269 bits per heavy atom. The molecule has 0 spiro atoms. The molecule has 0 aromatic carbocycles. The first-order valence-corrected chi connectivity index (χ1v) is 33.9. The third-order valence-electron chi connectivity index (χ3n) is 15.0. The molecule has 1 atom stereocenters. The predicted molar refractivity (Wildman–Crippen MR) is 339 cm³/mol. The Bertz CT molecular complexity index is 1440. The fraction of sp³-hybridized carbons (Fsp3) is 0.792. The van der Waals surface area contributed by atoms with E-state index in [0.717, 1.165) is 96.3 Å². The summed E-state index contributed by atoms with van der Waals surface area (Å²) in [4.78, 5) is 38.2. The van der Waals surface area contributed by atoms with Gasteiger partial charge in [0.2, 0.25) is 0 Å². The van der Waals surface area contributed by atoms with Crippen molar-refractivity contribution >= 4 is 17.9 Å². The van der Waals surface area contributed by atoms with E-state index in [4.69, 9.17) is 14.2 Å². The molecule has 0 aromatic heterocycles. The van der Waals surface area contributed by atoms with Crippen LogP contribution in [-0.4, -0.2) is 37.2 Å². The molecule has 452 valence electrons. The molecule has 0 amide bonds. The van der Waals surface area contributed by atoms with Crippen molar-refractivity contribution in [2.24, 2.45) is 0 Å². The molecule has 0 fully saturated rings. The van der Waals surface area contributed by atoms with Gasteiger partial charge in [-0.25, -0.2) is 0 Å². The fourth-order valence-electron chi connectivity index (χ4n) is 9.92. The van der Waals surface area contributed by atoms with Crippen LogP contribution in [0.15, 0.2) is 72.9 Å². The molecule has 0 aliphatic heterocycles. The molecule has 0 aliphatic carbocycles. The second-order valence-electron chi connectivity index (χ2n) is 22.7. The van der Waals surface area contributed by atoms with Gasteiger partial charge in [-0.3, -0.25) is 14.4 Å². The highest BCUT2D eigenvalue weighted by molar-refractivity contribution is 5.71. The van der Waals surface area contributed by atoms with Crippen LogP contribution in [0.25, 0.3) is 0 Å². The van der Waals surface area contributed by atoms with Crippen molar-refractivity contribution in [1.82, 2.24) is 0 Å². The van der Waals surface area contributed by atoms with Gasteiger partial charge in [-0.1, -0.05) is 331 Å². The summed E-state index contributed by atoms with van der Waals surface area (Å²) < 4.78 is 16.9. The minimum absolute atomic E-state index is 0.0685. The van der Waals surface area contributed by atoms with Gasteiger partial charge in [0, 0.05) is 19.3 Å². The molecule has 0 radical (unpaired) electrons. The van der Waals surface area contributed by atoms with Crippen molar-refractivity contribution in [3.8, 4) is 0 Å². The van der Waals surface area contributed by atoms with Crippen molar-refractivity contribution in [1.29, 1.82) is 0 Å². The number of ether oxygens (including phenoxy) is 3. The fourth-order valence-corrected chi connectivity index (χ4v) is 9.92. The minimum Gasteiger partial charge on any atom is -0.462 e. The lowest BCUT2D eigenvalue weighted by molar-refractivity contribution is -0.167. The predicted octanol–water partition coefficient (Wildman–Crippen LogP) is 23.3. The summed E-state index contributed by atoms with van der Waals surface area (Å²) in [5.74, 6) is -0.850. The number of rotatable bonds is 62. The summed E-state index contributed by atoms with van der Waals surface area (Å²) >= 11 is 0. The Balaban J connectivity index is 4.11. The lowest BCUT2D eigenvalue weighted by atomic mass is 10.0. The Kier molecular flexibility index (Phi) is 63.7. The topological polar surface area (TPSA) is 78.9 Å². The van der Waals surface area contributed by atoms with Gasteiger partial charge < -0.3 is 14.2 Å². The number of hydrogen-bond donors (Lipinski definition) is 0. The molecular weight excluding hydrogens is 961 g/mol. The maximum absolute atomic E-state index is 12.9. The van der Waals surface area contributed by atoms with Crippen molar-refractivity contribution in [2.75, 3.05) is 13.2 Å². The van der Waals surface area contributed by atoms with Gasteiger partial charge in [0.15, 0.2) is 6.10 Å². The molecular formula is C72H128O6. The molecule has 0 bridgehead atoms. The van der Waals surface area contributed by atoms with E-state index in [9.17, 15) is 14.4 Å². The first-order chi connectivity index (χ1) is 38.5. The average Bonchev–Trinajstić information content (AvgIpc) is 3.44. The van der Waals surface area contributed by atoms with Crippen LogP contribution in [0.5, 0.6) is 0 Å². The molecule has 0 aromatic rings. The number of hydrogen-bond acceptors (Lipinski definition) is 6. The molecule has 0 aliphatic rings. The van der Waals surface area contributed by atoms with E-state index in [-0.39, 0.29) is 31.1 Å². The van der Waals surface area contributed by atoms with Gasteiger partial charge in [-0.05, 0) is 70.6 Å². The quantitative estimate of drug-likeness (QED) is 0.0261. The maximum Gasteiger partial charge on any atom is 0.306 e. The molecule has 1 unspecified atom stereocenters. The van der Waals surface area contributed by atoms with E-state index < -0.39 is 6.10 Å². The zero-order valence-electron chi connectivity index (χ0n) is 51.9. The number of carbonyl (C=O) groups is 3. The Hall–Kier alpha value is -3.15. The standard InChI is InChI=1S/C72H128O6/c1-4-7-10-13-16-19-22-24-26-28-29-30-31-32-33-34-35-36-37-38-39-40-41-42-43-45-46-48-50-53-56-59-62-65-71(74)77-68-69(67-76-70(73)64-61-58-55-52-21-18-15-12-9-6-3)78-72(75)66-63-60-57-54-51-49-47-44-27-25-23-20-17-14-11-8-5-2/h7,10,16,19,24,26,29-30,32-33,35-36,69H,4-6,8-9,11-15,17-18,20-23,25,27-28,31,34,37-68H2,1-3H3/b10-7-,19-16-,26-24-,30-29-,33-32-,36-35-. The van der Waals surface area contributed by atoms with Crippen molar-refractivity contribution in [3.63, 3.8) is 0 Å². The summed E-state index contributed by atoms with van der Waals surface area (Å²) in [6.45, 7) is 6.56. The van der Waals surface area contributed by atoms with Gasteiger partial charge in [0.1, 0.15) is 13.2 Å². The van der Waals surface area contributed by atoms with E-state index in [1.807, 2.05) is 0 Å². The Morgan fingerprint density at radius 2 is 0.500 bits per heavy atom. The van der Waals surface area contributed by atoms with Crippen LogP contribution < -0.4 is 0 Å². The second kappa shape index (κ2) is 66.4. The molecule has 6 nitrogen and oxygen atoms in total. The maximum atomic E-state index is 12.9. The lowest BCUT2D eigenvalue weighted by Crippen LogP contribution is -2.30. The van der Waals surface area contributed by atoms with E-state index in [2.05, 4.69) is 93.7 Å². The molecule has 0 saturated carbocycles. The van der Waals surface area contributed by atoms with Gasteiger partial charge in [0.05, 0.1) is 0 Å². The molecule has 78 heavy (non-hydrogen) atoms. The van der Waals surface area contributed by atoms with Crippen LogP contribution >= 0.6 is 0 Å². The molecule has 0 rings (SSSR count). The highest BCUT2D eigenvalue weighted by atomic mass is 16.6. The molecule has 0 heterocycles. The van der Waals surface area contributed by atoms with Crippen LogP contribution in [0, 0.1) is 0 Å². The summed E-state index contributed by atoms with van der Waals surface area (Å²) in [5.41, 5.74) is 0. The van der Waals surface area contributed by atoms with E-state index in [1.165, 1.54) is 212 Å². The van der Waals surface area contributed by atoms with Gasteiger partial charge in [0.25, 0.3) is 0 Å². The van der Waals surface area contributed by atoms with E-state index in [0.29, 0.717) is 19.3 Å². The third-order valence-corrected chi connectivity index (χ3v) is 15.0. The molecule has 0 saturated heterocycles. The zero-order valence-corrected chi connectivity index (χ0v) is 51.9. The molecule has 0 N–H and O–H groups in total. The van der Waals surface area contributed by atoms with Crippen LogP contribution in [-0.2, 0) is 28.6 Å². The van der Waals surface area contributed by atoms with E-state index in [1.54, 1.807) is 0 Å². The number of unbranched alkanes of at least 4 members (excludes halogenated alkanes) is 39. The smallest absolute Gasteiger partial charge is 0.306 e. The highest BCUT2D eigenvalue weighted by Gasteiger charge is 2.19. The third kappa shape index (κ3) is 63.7. The summed E-state index contributed by atoms with van der Waals surface area (Å²) in [6.07, 6.45) is 86.5. The monoisotopic (exact) mass is 1090 g/mol. The highest BCUT2D eigenvalue weighted by Crippen LogP contribution is 2.18. The number of esters is 3. The summed E-state index contributed by atoms with van der Waals surface area (Å²) in [5, 5.41) is 0. The number of carbonyl (C=O) groups excluding carboxylic acids is 3. The van der Waals surface area contributed by atoms with E-state index >= 15 is 0 Å². The van der Waals surface area contributed by atoms with Crippen LogP contribution in [0.4, 0.5) is 0 Å². The Morgan fingerprint density at radius 3 is 0.782 bits per heavy atom. The van der Waals surface area contributed by atoms with Crippen LogP contribution in [0.1, 0.15) is 348 Å². The second-order valence-corrected chi connectivity index (χ2v) is 22.7. The SMILES string of the molecule is CC/C=C\C/C=C\C/C=C\C/C=C\C/C=C\C/C=C\CCCCCCCCCCCCCCCCC(=O)OCC(COC(=O)CCCCCCCCCCCC)OC(=O)CCCCCCCCCCCCCCCCCCC. The summed E-state index contributed by atoms with van der Waals surface area (Å²) in [6, 6.07) is 0. The van der Waals surface area contributed by atoms with Crippen LogP contribution in [0.3, 0.4) is 0 Å². The van der Waals surface area contributed by atoms with Gasteiger partial charge in [-0.2, -0.15) is 0 Å². The first kappa shape index (κ1) is 74.8. The van der Waals surface area contributed by atoms with Gasteiger partial charge >= 0.3 is 17.9 Å². The average molecular weight is 1090 g/mol.